The molecule has 3 rings (SSSR count). The van der Waals surface area contributed by atoms with Gasteiger partial charge in [0, 0.05) is 0 Å². The molecule has 0 aliphatic carbocycles. The molecule has 27 heavy (non-hydrogen) atoms. The Hall–Kier alpha value is -2.00. The van der Waals surface area contributed by atoms with E-state index in [1.54, 1.807) is 0 Å². The smallest absolute Gasteiger partial charge is 0.125 e. The number of likely N-dealkylation sites (tertiary alicyclic amines) is 1. The monoisotopic (exact) mass is 367 g/mol. The van der Waals surface area contributed by atoms with E-state index in [4.69, 9.17) is 9.47 Å². The first-order valence-corrected chi connectivity index (χ1v) is 10.4. The van der Waals surface area contributed by atoms with Crippen LogP contribution in [0.15, 0.2) is 42.5 Å². The zero-order valence-electron chi connectivity index (χ0n) is 16.9. The predicted molar refractivity (Wildman–Crippen MR) is 112 cm³/mol. The Balaban J connectivity index is 1.37. The first-order chi connectivity index (χ1) is 13.3. The summed E-state index contributed by atoms with van der Waals surface area (Å²) in [4.78, 5) is 2.58. The van der Waals surface area contributed by atoms with Crippen LogP contribution in [0.25, 0.3) is 0 Å². The quantitative estimate of drug-likeness (QED) is 0.549. The second-order valence-electron chi connectivity index (χ2n) is 7.41. The maximum atomic E-state index is 5.98. The van der Waals surface area contributed by atoms with Gasteiger partial charge < -0.3 is 14.4 Å². The van der Waals surface area contributed by atoms with Gasteiger partial charge in [0.25, 0.3) is 0 Å². The molecule has 0 spiro atoms. The van der Waals surface area contributed by atoms with E-state index in [2.05, 4.69) is 61.2 Å². The van der Waals surface area contributed by atoms with Crippen molar-refractivity contribution in [2.24, 2.45) is 0 Å². The molecule has 0 amide bonds. The van der Waals surface area contributed by atoms with Crippen LogP contribution in [0, 0.1) is 6.92 Å². The summed E-state index contributed by atoms with van der Waals surface area (Å²) < 4.78 is 11.8. The third kappa shape index (κ3) is 6.00. The maximum absolute atomic E-state index is 5.98. The molecule has 3 nitrogen and oxygen atoms in total. The molecule has 3 heteroatoms. The van der Waals surface area contributed by atoms with E-state index in [-0.39, 0.29) is 0 Å². The summed E-state index contributed by atoms with van der Waals surface area (Å²) in [6.45, 7) is 9.19. The molecule has 0 atom stereocenters. The van der Waals surface area contributed by atoms with Crippen LogP contribution in [-0.2, 0) is 12.8 Å². The zero-order chi connectivity index (χ0) is 18.9. The maximum Gasteiger partial charge on any atom is 0.125 e. The van der Waals surface area contributed by atoms with Gasteiger partial charge in [0.05, 0.1) is 0 Å². The Labute approximate surface area is 164 Å². The SMILES string of the molecule is CCc1cccc(C)c1OCCOc1ccc(CCCN2CCCC2)cc1. The summed E-state index contributed by atoms with van der Waals surface area (Å²) in [7, 11) is 0. The molecule has 1 heterocycles. The molecule has 146 valence electrons. The van der Waals surface area contributed by atoms with E-state index in [0.717, 1.165) is 24.3 Å². The molecule has 0 saturated carbocycles. The summed E-state index contributed by atoms with van der Waals surface area (Å²) >= 11 is 0. The largest absolute Gasteiger partial charge is 0.490 e. The van der Waals surface area contributed by atoms with Gasteiger partial charge in [0.2, 0.25) is 0 Å². The Morgan fingerprint density at radius 3 is 2.41 bits per heavy atom. The van der Waals surface area contributed by atoms with Crippen LogP contribution in [0.2, 0.25) is 0 Å². The van der Waals surface area contributed by atoms with E-state index >= 15 is 0 Å². The van der Waals surface area contributed by atoms with Crippen molar-refractivity contribution in [3.63, 3.8) is 0 Å². The van der Waals surface area contributed by atoms with Crippen LogP contribution in [0.4, 0.5) is 0 Å². The Kier molecular flexibility index (Phi) is 7.58. The molecular weight excluding hydrogens is 334 g/mol. The lowest BCUT2D eigenvalue weighted by atomic mass is 10.1. The van der Waals surface area contributed by atoms with Crippen molar-refractivity contribution >= 4 is 0 Å². The number of nitrogens with zero attached hydrogens (tertiary/aromatic N) is 1. The molecule has 1 aliphatic heterocycles. The Morgan fingerprint density at radius 2 is 1.67 bits per heavy atom. The van der Waals surface area contributed by atoms with Crippen LogP contribution in [0.3, 0.4) is 0 Å². The third-order valence-electron chi connectivity index (χ3n) is 5.33. The molecular formula is C24H33NO2. The molecule has 0 unspecified atom stereocenters. The predicted octanol–water partition coefficient (Wildman–Crippen LogP) is 5.04. The number of hydrogen-bond donors (Lipinski definition) is 0. The molecule has 0 bridgehead atoms. The van der Waals surface area contributed by atoms with Gasteiger partial charge in [-0.2, -0.15) is 0 Å². The van der Waals surface area contributed by atoms with Gasteiger partial charge >= 0.3 is 0 Å². The standard InChI is InChI=1S/C24H33NO2/c1-3-22-10-6-8-20(2)24(22)27-19-18-26-23-13-11-21(12-14-23)9-7-17-25-15-4-5-16-25/h6,8,10-14H,3-5,7,9,15-19H2,1-2H3. The van der Waals surface area contributed by atoms with Gasteiger partial charge in [0.1, 0.15) is 24.7 Å². The highest BCUT2D eigenvalue weighted by Crippen LogP contribution is 2.23. The summed E-state index contributed by atoms with van der Waals surface area (Å²) in [6, 6.07) is 14.9. The van der Waals surface area contributed by atoms with Crippen LogP contribution in [0.1, 0.15) is 42.9 Å². The first kappa shape index (κ1) is 19.8. The molecule has 0 aromatic heterocycles. The van der Waals surface area contributed by atoms with Gasteiger partial charge in [-0.1, -0.05) is 37.3 Å². The summed E-state index contributed by atoms with van der Waals surface area (Å²) in [6.07, 6.45) is 6.12. The lowest BCUT2D eigenvalue weighted by Crippen LogP contribution is -2.20. The number of rotatable bonds is 10. The second kappa shape index (κ2) is 10.4. The molecule has 1 saturated heterocycles. The highest BCUT2D eigenvalue weighted by atomic mass is 16.5. The van der Waals surface area contributed by atoms with Crippen molar-refractivity contribution in [1.82, 2.24) is 4.90 Å². The van der Waals surface area contributed by atoms with Crippen molar-refractivity contribution in [3.8, 4) is 11.5 Å². The second-order valence-corrected chi connectivity index (χ2v) is 7.41. The topological polar surface area (TPSA) is 21.7 Å². The summed E-state index contributed by atoms with van der Waals surface area (Å²) in [5, 5.41) is 0. The van der Waals surface area contributed by atoms with Gasteiger partial charge in [-0.25, -0.2) is 0 Å². The van der Waals surface area contributed by atoms with Crippen molar-refractivity contribution in [2.75, 3.05) is 32.8 Å². The van der Waals surface area contributed by atoms with Gasteiger partial charge in [0.15, 0.2) is 0 Å². The number of hydrogen-bond acceptors (Lipinski definition) is 3. The molecule has 2 aromatic rings. The number of aryl methyl sites for hydroxylation is 3. The van der Waals surface area contributed by atoms with Crippen molar-refractivity contribution < 1.29 is 9.47 Å². The lowest BCUT2D eigenvalue weighted by Gasteiger charge is -2.14. The van der Waals surface area contributed by atoms with Crippen LogP contribution >= 0.6 is 0 Å². The van der Waals surface area contributed by atoms with Gasteiger partial charge in [-0.15, -0.1) is 0 Å². The van der Waals surface area contributed by atoms with Crippen molar-refractivity contribution in [2.45, 2.75) is 46.0 Å². The van der Waals surface area contributed by atoms with Gasteiger partial charge in [-0.05, 0) is 87.5 Å². The highest BCUT2D eigenvalue weighted by molar-refractivity contribution is 5.40. The van der Waals surface area contributed by atoms with Crippen molar-refractivity contribution in [1.29, 1.82) is 0 Å². The average molecular weight is 368 g/mol. The molecule has 1 fully saturated rings. The van der Waals surface area contributed by atoms with Crippen molar-refractivity contribution in [3.05, 3.63) is 59.2 Å². The number of benzene rings is 2. The summed E-state index contributed by atoms with van der Waals surface area (Å²) in [5.74, 6) is 1.93. The number of ether oxygens (including phenoxy) is 2. The van der Waals surface area contributed by atoms with Crippen LogP contribution in [-0.4, -0.2) is 37.7 Å². The lowest BCUT2D eigenvalue weighted by molar-refractivity contribution is 0.215. The van der Waals surface area contributed by atoms with Crippen LogP contribution < -0.4 is 9.47 Å². The fraction of sp³-hybridized carbons (Fsp3) is 0.500. The van der Waals surface area contributed by atoms with E-state index in [0.29, 0.717) is 13.2 Å². The minimum absolute atomic E-state index is 0.561. The highest BCUT2D eigenvalue weighted by Gasteiger charge is 2.10. The first-order valence-electron chi connectivity index (χ1n) is 10.4. The zero-order valence-corrected chi connectivity index (χ0v) is 16.9. The summed E-state index contributed by atoms with van der Waals surface area (Å²) in [5.41, 5.74) is 3.84. The fourth-order valence-electron chi connectivity index (χ4n) is 3.77. The van der Waals surface area contributed by atoms with E-state index in [1.807, 2.05) is 0 Å². The van der Waals surface area contributed by atoms with E-state index in [9.17, 15) is 0 Å². The number of para-hydroxylation sites is 1. The minimum atomic E-state index is 0.561. The minimum Gasteiger partial charge on any atom is -0.490 e. The van der Waals surface area contributed by atoms with E-state index in [1.165, 1.54) is 55.6 Å². The third-order valence-corrected chi connectivity index (χ3v) is 5.33. The molecule has 0 radical (unpaired) electrons. The van der Waals surface area contributed by atoms with E-state index < -0.39 is 0 Å². The molecule has 2 aromatic carbocycles. The Morgan fingerprint density at radius 1 is 0.926 bits per heavy atom. The fourth-order valence-corrected chi connectivity index (χ4v) is 3.77. The van der Waals surface area contributed by atoms with Crippen LogP contribution in [0.5, 0.6) is 11.5 Å². The molecule has 1 aliphatic rings. The van der Waals surface area contributed by atoms with Gasteiger partial charge in [-0.3, -0.25) is 0 Å². The Bertz CT molecular complexity index is 690. The molecule has 0 N–H and O–H groups in total. The average Bonchev–Trinajstić information content (AvgIpc) is 3.20. The normalized spacial score (nSPS) is 14.4.